The van der Waals surface area contributed by atoms with Crippen LogP contribution in [0.3, 0.4) is 0 Å². The molecule has 0 aliphatic carbocycles. The highest BCUT2D eigenvalue weighted by atomic mass is 16.2. The van der Waals surface area contributed by atoms with Crippen LogP contribution in [0.4, 0.5) is 11.4 Å². The number of rotatable bonds is 3. The fourth-order valence-corrected chi connectivity index (χ4v) is 3.35. The third-order valence-electron chi connectivity index (χ3n) is 4.60. The summed E-state index contributed by atoms with van der Waals surface area (Å²) in [6, 6.07) is 12.2. The van der Waals surface area contributed by atoms with Crippen LogP contribution >= 0.6 is 0 Å². The molecule has 2 aromatic rings. The zero-order valence-electron chi connectivity index (χ0n) is 13.8. The molecule has 6 nitrogen and oxygen atoms in total. The topological polar surface area (TPSA) is 69.7 Å². The van der Waals surface area contributed by atoms with Crippen molar-refractivity contribution in [3.05, 3.63) is 59.2 Å². The van der Waals surface area contributed by atoms with Crippen molar-refractivity contribution >= 4 is 29.1 Å². The van der Waals surface area contributed by atoms with Crippen molar-refractivity contribution in [1.29, 1.82) is 0 Å². The standard InChI is InChI=1S/C19H17N3O3/c1-12-11-13(8-9-16(12)21-10-4-7-17(21)23)20-22-18(24)14-5-2-3-6-15(14)19(22)25/h2-3,5-6,8-9,11,20H,4,7,10H2,1H3. The first-order valence-electron chi connectivity index (χ1n) is 8.22. The number of imide groups is 1. The predicted molar refractivity (Wildman–Crippen MR) is 93.3 cm³/mol. The molecule has 1 N–H and O–H groups in total. The van der Waals surface area contributed by atoms with Crippen LogP contribution in [-0.2, 0) is 4.79 Å². The van der Waals surface area contributed by atoms with Gasteiger partial charge in [0.25, 0.3) is 11.8 Å². The molecule has 2 aromatic carbocycles. The molecule has 1 saturated heterocycles. The molecule has 2 aliphatic rings. The van der Waals surface area contributed by atoms with E-state index in [0.717, 1.165) is 29.2 Å². The van der Waals surface area contributed by atoms with Gasteiger partial charge in [0.15, 0.2) is 0 Å². The van der Waals surface area contributed by atoms with Gasteiger partial charge in [-0.15, -0.1) is 0 Å². The molecule has 4 rings (SSSR count). The Bertz CT molecular complexity index is 872. The van der Waals surface area contributed by atoms with Gasteiger partial charge in [-0.3, -0.25) is 19.8 Å². The minimum Gasteiger partial charge on any atom is -0.312 e. The molecule has 3 amide bonds. The number of benzene rings is 2. The van der Waals surface area contributed by atoms with Crippen LogP contribution in [0.15, 0.2) is 42.5 Å². The van der Waals surface area contributed by atoms with E-state index in [1.807, 2.05) is 19.1 Å². The number of carbonyl (C=O) groups is 3. The number of nitrogens with one attached hydrogen (secondary N) is 1. The maximum Gasteiger partial charge on any atom is 0.280 e. The van der Waals surface area contributed by atoms with Crippen LogP contribution in [0.25, 0.3) is 0 Å². The van der Waals surface area contributed by atoms with Gasteiger partial charge >= 0.3 is 0 Å². The molecule has 0 saturated carbocycles. The van der Waals surface area contributed by atoms with Crippen molar-refractivity contribution < 1.29 is 14.4 Å². The van der Waals surface area contributed by atoms with Crippen LogP contribution in [0.1, 0.15) is 39.1 Å². The summed E-state index contributed by atoms with van der Waals surface area (Å²) in [6.07, 6.45) is 1.45. The Kier molecular flexibility index (Phi) is 3.53. The predicted octanol–water partition coefficient (Wildman–Crippen LogP) is 2.74. The van der Waals surface area contributed by atoms with Gasteiger partial charge in [-0.1, -0.05) is 12.1 Å². The summed E-state index contributed by atoms with van der Waals surface area (Å²) in [7, 11) is 0. The molecule has 0 radical (unpaired) electrons. The van der Waals surface area contributed by atoms with E-state index >= 15 is 0 Å². The van der Waals surface area contributed by atoms with Crippen molar-refractivity contribution in [3.63, 3.8) is 0 Å². The Morgan fingerprint density at radius 1 is 0.960 bits per heavy atom. The normalized spacial score (nSPS) is 16.6. The van der Waals surface area contributed by atoms with E-state index in [0.29, 0.717) is 23.2 Å². The Morgan fingerprint density at radius 3 is 2.20 bits per heavy atom. The molecular weight excluding hydrogens is 318 g/mol. The van der Waals surface area contributed by atoms with Gasteiger partial charge in [0.05, 0.1) is 16.8 Å². The number of aryl methyl sites for hydroxylation is 1. The minimum atomic E-state index is -0.364. The fraction of sp³-hybridized carbons (Fsp3) is 0.211. The van der Waals surface area contributed by atoms with Crippen LogP contribution in [0, 0.1) is 6.92 Å². The van der Waals surface area contributed by atoms with Gasteiger partial charge in [-0.25, -0.2) is 0 Å². The highest BCUT2D eigenvalue weighted by Gasteiger charge is 2.35. The summed E-state index contributed by atoms with van der Waals surface area (Å²) in [4.78, 5) is 38.5. The van der Waals surface area contributed by atoms with Gasteiger partial charge in [0.2, 0.25) is 5.91 Å². The second kappa shape index (κ2) is 5.73. The van der Waals surface area contributed by atoms with E-state index in [4.69, 9.17) is 0 Å². The highest BCUT2D eigenvalue weighted by molar-refractivity contribution is 6.21. The zero-order valence-corrected chi connectivity index (χ0v) is 13.8. The van der Waals surface area contributed by atoms with Gasteiger partial charge in [-0.2, -0.15) is 5.01 Å². The summed E-state index contributed by atoms with van der Waals surface area (Å²) in [5.74, 6) is -0.599. The van der Waals surface area contributed by atoms with E-state index < -0.39 is 0 Å². The Hall–Kier alpha value is -3.15. The third kappa shape index (κ3) is 2.46. The fourth-order valence-electron chi connectivity index (χ4n) is 3.35. The molecule has 2 heterocycles. The summed E-state index contributed by atoms with van der Waals surface area (Å²) in [6.45, 7) is 2.64. The molecule has 0 aromatic heterocycles. The number of nitrogens with zero attached hydrogens (tertiary/aromatic N) is 2. The van der Waals surface area contributed by atoms with E-state index in [-0.39, 0.29) is 17.7 Å². The molecular formula is C19H17N3O3. The maximum atomic E-state index is 12.4. The molecule has 126 valence electrons. The average molecular weight is 335 g/mol. The summed E-state index contributed by atoms with van der Waals surface area (Å²) >= 11 is 0. The monoisotopic (exact) mass is 335 g/mol. The van der Waals surface area contributed by atoms with Gasteiger partial charge in [-0.05, 0) is 49.2 Å². The van der Waals surface area contributed by atoms with Crippen LogP contribution in [0.2, 0.25) is 0 Å². The van der Waals surface area contributed by atoms with Crippen molar-refractivity contribution in [1.82, 2.24) is 5.01 Å². The lowest BCUT2D eigenvalue weighted by atomic mass is 10.1. The molecule has 25 heavy (non-hydrogen) atoms. The van der Waals surface area contributed by atoms with E-state index in [1.54, 1.807) is 35.2 Å². The summed E-state index contributed by atoms with van der Waals surface area (Å²) in [5, 5.41) is 1.03. The highest BCUT2D eigenvalue weighted by Crippen LogP contribution is 2.29. The lowest BCUT2D eigenvalue weighted by molar-refractivity contribution is -0.117. The number of amides is 3. The minimum absolute atomic E-state index is 0.129. The molecule has 0 spiro atoms. The SMILES string of the molecule is Cc1cc(NN2C(=O)c3ccccc3C2=O)ccc1N1CCCC1=O. The summed E-state index contributed by atoms with van der Waals surface area (Å²) in [5.41, 5.74) is 6.10. The molecule has 0 bridgehead atoms. The zero-order chi connectivity index (χ0) is 17.6. The largest absolute Gasteiger partial charge is 0.312 e. The average Bonchev–Trinajstić information content (AvgIpc) is 3.13. The number of hydrogen-bond donors (Lipinski definition) is 1. The van der Waals surface area contributed by atoms with E-state index in [1.165, 1.54) is 0 Å². The first-order valence-corrected chi connectivity index (χ1v) is 8.22. The molecule has 1 fully saturated rings. The van der Waals surface area contributed by atoms with Crippen molar-refractivity contribution in [2.45, 2.75) is 19.8 Å². The second-order valence-electron chi connectivity index (χ2n) is 6.25. The van der Waals surface area contributed by atoms with E-state index in [9.17, 15) is 14.4 Å². The van der Waals surface area contributed by atoms with Gasteiger partial charge in [0.1, 0.15) is 0 Å². The molecule has 0 atom stereocenters. The second-order valence-corrected chi connectivity index (χ2v) is 6.25. The maximum absolute atomic E-state index is 12.4. The summed E-state index contributed by atoms with van der Waals surface area (Å²) < 4.78 is 0. The Labute approximate surface area is 145 Å². The molecule has 2 aliphatic heterocycles. The molecule has 6 heteroatoms. The number of hydrogen-bond acceptors (Lipinski definition) is 4. The first kappa shape index (κ1) is 15.4. The van der Waals surface area contributed by atoms with Crippen LogP contribution < -0.4 is 10.3 Å². The van der Waals surface area contributed by atoms with Crippen molar-refractivity contribution in [2.24, 2.45) is 0 Å². The van der Waals surface area contributed by atoms with E-state index in [2.05, 4.69) is 5.43 Å². The first-order chi connectivity index (χ1) is 12.1. The Morgan fingerprint density at radius 2 is 1.64 bits per heavy atom. The van der Waals surface area contributed by atoms with Crippen molar-refractivity contribution in [2.75, 3.05) is 16.9 Å². The number of fused-ring (bicyclic) bond motifs is 1. The van der Waals surface area contributed by atoms with Crippen LogP contribution in [-0.4, -0.2) is 29.3 Å². The number of hydrazine groups is 1. The third-order valence-corrected chi connectivity index (χ3v) is 4.60. The van der Waals surface area contributed by atoms with Crippen LogP contribution in [0.5, 0.6) is 0 Å². The number of carbonyl (C=O) groups excluding carboxylic acids is 3. The lowest BCUT2D eigenvalue weighted by Crippen LogP contribution is -2.35. The van der Waals surface area contributed by atoms with Crippen molar-refractivity contribution in [3.8, 4) is 0 Å². The number of anilines is 2. The Balaban J connectivity index is 1.58. The lowest BCUT2D eigenvalue weighted by Gasteiger charge is -2.21. The smallest absolute Gasteiger partial charge is 0.280 e. The van der Waals surface area contributed by atoms with Gasteiger partial charge in [0, 0.05) is 18.7 Å². The van der Waals surface area contributed by atoms with Gasteiger partial charge < -0.3 is 4.90 Å². The molecule has 0 unspecified atom stereocenters. The quantitative estimate of drug-likeness (QED) is 0.876.